The molecule has 7 nitrogen and oxygen atoms in total. The molecule has 1 atom stereocenters. The van der Waals surface area contributed by atoms with Gasteiger partial charge in [0.05, 0.1) is 27.0 Å². The number of benzene rings is 2. The second-order valence-corrected chi connectivity index (χ2v) is 9.29. The summed E-state index contributed by atoms with van der Waals surface area (Å²) in [5.41, 5.74) is 1.34. The Balaban J connectivity index is 2.02. The molecule has 1 aliphatic rings. The number of phenolic OH excluding ortho intramolecular Hbond substituents is 1. The van der Waals surface area contributed by atoms with Gasteiger partial charge in [-0.1, -0.05) is 18.2 Å². The van der Waals surface area contributed by atoms with E-state index in [1.54, 1.807) is 31.2 Å². The molecule has 1 unspecified atom stereocenters. The zero-order valence-electron chi connectivity index (χ0n) is 17.1. The van der Waals surface area contributed by atoms with Crippen LogP contribution in [0.2, 0.25) is 0 Å². The first-order valence-corrected chi connectivity index (χ1v) is 12.1. The van der Waals surface area contributed by atoms with Crippen LogP contribution in [0.3, 0.4) is 0 Å². The van der Waals surface area contributed by atoms with Crippen LogP contribution in [0.4, 0.5) is 0 Å². The zero-order chi connectivity index (χ0) is 22.4. The summed E-state index contributed by atoms with van der Waals surface area (Å²) in [5.74, 6) is -0.511. The Hall–Kier alpha value is -1.44. The fourth-order valence-electron chi connectivity index (χ4n) is 3.42. The molecule has 0 spiro atoms. The van der Waals surface area contributed by atoms with Gasteiger partial charge in [0.2, 0.25) is 0 Å². The molecule has 0 radical (unpaired) electrons. The largest absolute Gasteiger partial charge is 0.506 e. The van der Waals surface area contributed by atoms with Crippen molar-refractivity contribution in [3.8, 4) is 5.75 Å². The lowest BCUT2D eigenvalue weighted by Crippen LogP contribution is -2.59. The molecule has 0 aromatic heterocycles. The molecule has 1 saturated heterocycles. The van der Waals surface area contributed by atoms with E-state index in [0.29, 0.717) is 39.0 Å². The van der Waals surface area contributed by atoms with Crippen molar-refractivity contribution in [2.75, 3.05) is 32.9 Å². The van der Waals surface area contributed by atoms with E-state index in [0.717, 1.165) is 5.56 Å². The number of phenols is 1. The van der Waals surface area contributed by atoms with Crippen molar-refractivity contribution in [3.05, 3.63) is 60.7 Å². The Kier molecular flexibility index (Phi) is 8.93. The van der Waals surface area contributed by atoms with E-state index in [2.05, 4.69) is 45.2 Å². The van der Waals surface area contributed by atoms with Gasteiger partial charge in [0.1, 0.15) is 5.75 Å². The van der Waals surface area contributed by atoms with E-state index in [-0.39, 0.29) is 24.7 Å². The topological polar surface area (TPSA) is 79.3 Å². The maximum atomic E-state index is 13.6. The zero-order valence-corrected chi connectivity index (χ0v) is 21.4. The summed E-state index contributed by atoms with van der Waals surface area (Å²) in [4.78, 5) is 26.6. The number of hydrogen-bond donors (Lipinski definition) is 1. The minimum atomic E-state index is -0.845. The van der Waals surface area contributed by atoms with E-state index in [9.17, 15) is 14.7 Å². The van der Waals surface area contributed by atoms with E-state index >= 15 is 0 Å². The highest BCUT2D eigenvalue weighted by atomic mass is 127. The van der Waals surface area contributed by atoms with Crippen LogP contribution < -0.4 is 0 Å². The normalized spacial score (nSPS) is 15.3. The first-order chi connectivity index (χ1) is 14.9. The van der Waals surface area contributed by atoms with Crippen LogP contribution in [0.5, 0.6) is 5.75 Å². The summed E-state index contributed by atoms with van der Waals surface area (Å²) < 4.78 is 12.2. The number of esters is 1. The molecule has 1 amide bonds. The van der Waals surface area contributed by atoms with Gasteiger partial charge in [-0.3, -0.25) is 9.80 Å². The van der Waals surface area contributed by atoms with Gasteiger partial charge in [0.25, 0.3) is 5.91 Å². The van der Waals surface area contributed by atoms with Crippen LogP contribution in [0.15, 0.2) is 42.5 Å². The first kappa shape index (κ1) is 24.2. The molecule has 1 fully saturated rings. The number of ether oxygens (including phenoxy) is 2. The van der Waals surface area contributed by atoms with Gasteiger partial charge < -0.3 is 14.6 Å². The summed E-state index contributed by atoms with van der Waals surface area (Å²) in [6.07, 6.45) is 0.265. The highest BCUT2D eigenvalue weighted by Gasteiger charge is 2.37. The van der Waals surface area contributed by atoms with Crippen molar-refractivity contribution in [2.24, 2.45) is 0 Å². The fourth-order valence-corrected chi connectivity index (χ4v) is 5.31. The Morgan fingerprint density at radius 1 is 1.16 bits per heavy atom. The number of carbonyl (C=O) groups is 2. The third-order valence-corrected chi connectivity index (χ3v) is 6.53. The standard InChI is InChI=1S/C22H24I2N2O5/c1-2-31-22(29)19(14-15-12-17(23)20(27)18(24)13-15)26(25-8-10-30-11-9-25)21(28)16-6-4-3-5-7-16/h3-7,12-13,19,27H,2,8-11,14H2,1H3. The van der Waals surface area contributed by atoms with Crippen LogP contribution in [0.25, 0.3) is 0 Å². The van der Waals surface area contributed by atoms with Crippen molar-refractivity contribution in [3.63, 3.8) is 0 Å². The van der Waals surface area contributed by atoms with Crippen molar-refractivity contribution >= 4 is 57.1 Å². The van der Waals surface area contributed by atoms with Crippen molar-refractivity contribution in [2.45, 2.75) is 19.4 Å². The Morgan fingerprint density at radius 2 is 1.77 bits per heavy atom. The number of nitrogens with zero attached hydrogens (tertiary/aromatic N) is 2. The number of morpholine rings is 1. The van der Waals surface area contributed by atoms with Gasteiger partial charge >= 0.3 is 5.97 Å². The molecular formula is C22H24I2N2O5. The average molecular weight is 650 g/mol. The Bertz CT molecular complexity index is 896. The molecule has 1 aliphatic heterocycles. The second kappa shape index (κ2) is 11.4. The monoisotopic (exact) mass is 650 g/mol. The number of aromatic hydroxyl groups is 1. The predicted octanol–water partition coefficient (Wildman–Crippen LogP) is 3.47. The Morgan fingerprint density at radius 3 is 2.35 bits per heavy atom. The number of amides is 1. The molecular weight excluding hydrogens is 626 g/mol. The average Bonchev–Trinajstić information content (AvgIpc) is 2.78. The van der Waals surface area contributed by atoms with Gasteiger partial charge in [0, 0.05) is 25.1 Å². The summed E-state index contributed by atoms with van der Waals surface area (Å²) in [7, 11) is 0. The number of rotatable bonds is 7. The minimum absolute atomic E-state index is 0.211. The number of hydrazine groups is 1. The molecule has 3 rings (SSSR count). The SMILES string of the molecule is CCOC(=O)C(Cc1cc(I)c(O)c(I)c1)N(C(=O)c1ccccc1)N1CCOCC1. The fraction of sp³-hybridized carbons (Fsp3) is 0.364. The second-order valence-electron chi connectivity index (χ2n) is 6.96. The molecule has 1 heterocycles. The van der Waals surface area contributed by atoms with Crippen LogP contribution in [0.1, 0.15) is 22.8 Å². The van der Waals surface area contributed by atoms with Crippen LogP contribution in [0, 0.1) is 7.14 Å². The van der Waals surface area contributed by atoms with Gasteiger partial charge in [-0.05, 0) is 81.9 Å². The van der Waals surface area contributed by atoms with Gasteiger partial charge in [0.15, 0.2) is 6.04 Å². The van der Waals surface area contributed by atoms with Crippen molar-refractivity contribution in [1.82, 2.24) is 10.0 Å². The smallest absolute Gasteiger partial charge is 0.330 e. The van der Waals surface area contributed by atoms with Crippen LogP contribution in [-0.2, 0) is 20.7 Å². The van der Waals surface area contributed by atoms with Gasteiger partial charge in [-0.2, -0.15) is 0 Å². The maximum Gasteiger partial charge on any atom is 0.330 e. The third-order valence-electron chi connectivity index (χ3n) is 4.88. The maximum absolute atomic E-state index is 13.6. The summed E-state index contributed by atoms with van der Waals surface area (Å²) in [5, 5.41) is 13.5. The molecule has 2 aromatic rings. The molecule has 31 heavy (non-hydrogen) atoms. The molecule has 1 N–H and O–H groups in total. The van der Waals surface area contributed by atoms with Crippen LogP contribution >= 0.6 is 45.2 Å². The lowest BCUT2D eigenvalue weighted by molar-refractivity contribution is -0.159. The number of carbonyl (C=O) groups excluding carboxylic acids is 2. The summed E-state index contributed by atoms with van der Waals surface area (Å²) in [6.45, 7) is 3.92. The number of hydrogen-bond acceptors (Lipinski definition) is 6. The summed E-state index contributed by atoms with van der Waals surface area (Å²) in [6, 6.07) is 11.7. The lowest BCUT2D eigenvalue weighted by atomic mass is 10.0. The molecule has 0 saturated carbocycles. The molecule has 0 bridgehead atoms. The van der Waals surface area contributed by atoms with Gasteiger partial charge in [-0.15, -0.1) is 0 Å². The first-order valence-electron chi connectivity index (χ1n) is 9.97. The van der Waals surface area contributed by atoms with E-state index in [1.165, 1.54) is 5.01 Å². The van der Waals surface area contributed by atoms with Crippen molar-refractivity contribution in [1.29, 1.82) is 0 Å². The summed E-state index contributed by atoms with van der Waals surface area (Å²) >= 11 is 4.12. The third kappa shape index (κ3) is 6.08. The highest BCUT2D eigenvalue weighted by Crippen LogP contribution is 2.29. The van der Waals surface area contributed by atoms with E-state index < -0.39 is 12.0 Å². The minimum Gasteiger partial charge on any atom is -0.506 e. The highest BCUT2D eigenvalue weighted by molar-refractivity contribution is 14.1. The molecule has 9 heteroatoms. The van der Waals surface area contributed by atoms with E-state index in [4.69, 9.17) is 9.47 Å². The lowest BCUT2D eigenvalue weighted by Gasteiger charge is -2.41. The molecule has 2 aromatic carbocycles. The molecule has 0 aliphatic carbocycles. The Labute approximate surface area is 208 Å². The number of halogens is 2. The quantitative estimate of drug-likeness (QED) is 0.366. The molecule has 166 valence electrons. The van der Waals surface area contributed by atoms with Gasteiger partial charge in [-0.25, -0.2) is 9.80 Å². The van der Waals surface area contributed by atoms with Crippen LogP contribution in [-0.4, -0.2) is 66.0 Å². The van der Waals surface area contributed by atoms with Crippen molar-refractivity contribution < 1.29 is 24.2 Å². The van der Waals surface area contributed by atoms with E-state index in [1.807, 2.05) is 23.2 Å². The predicted molar refractivity (Wildman–Crippen MR) is 133 cm³/mol.